The predicted molar refractivity (Wildman–Crippen MR) is 103 cm³/mol. The van der Waals surface area contributed by atoms with Crippen molar-refractivity contribution in [3.63, 3.8) is 0 Å². The third-order valence-corrected chi connectivity index (χ3v) is 3.78. The van der Waals surface area contributed by atoms with Crippen LogP contribution < -0.4 is 5.32 Å². The number of fused-ring (bicyclic) bond motifs is 1. The molecular weight excluding hydrogens is 326 g/mol. The van der Waals surface area contributed by atoms with Crippen LogP contribution in [-0.4, -0.2) is 30.4 Å². The summed E-state index contributed by atoms with van der Waals surface area (Å²) in [6.07, 6.45) is 2.29. The highest BCUT2D eigenvalue weighted by molar-refractivity contribution is 5.88. The van der Waals surface area contributed by atoms with Gasteiger partial charge in [0.15, 0.2) is 0 Å². The Kier molecular flexibility index (Phi) is 6.54. The zero-order valence-corrected chi connectivity index (χ0v) is 14.7. The van der Waals surface area contributed by atoms with Gasteiger partial charge in [0.05, 0.1) is 12.1 Å². The van der Waals surface area contributed by atoms with E-state index in [1.54, 1.807) is 13.4 Å². The van der Waals surface area contributed by atoms with Crippen LogP contribution in [0.25, 0.3) is 10.9 Å². The summed E-state index contributed by atoms with van der Waals surface area (Å²) in [4.78, 5) is 8.59. The van der Waals surface area contributed by atoms with E-state index < -0.39 is 0 Å². The number of methoxy groups -OCH3 is 1. The van der Waals surface area contributed by atoms with E-state index >= 15 is 0 Å². The van der Waals surface area contributed by atoms with E-state index in [1.807, 2.05) is 48.5 Å². The summed E-state index contributed by atoms with van der Waals surface area (Å²) < 4.78 is 10.3. The Morgan fingerprint density at radius 1 is 1.04 bits per heavy atom. The third kappa shape index (κ3) is 4.79. The molecule has 5 heteroatoms. The van der Waals surface area contributed by atoms with Crippen molar-refractivity contribution in [2.75, 3.05) is 25.8 Å². The quantitative estimate of drug-likeness (QED) is 0.402. The van der Waals surface area contributed by atoms with Gasteiger partial charge in [0.2, 0.25) is 0 Å². The topological polar surface area (TPSA) is 56.3 Å². The van der Waals surface area contributed by atoms with Crippen molar-refractivity contribution >= 4 is 16.7 Å². The summed E-state index contributed by atoms with van der Waals surface area (Å²) in [6.45, 7) is 1.48. The molecule has 5 nitrogen and oxygen atoms in total. The first-order valence-electron chi connectivity index (χ1n) is 8.45. The Bertz CT molecular complexity index is 910. The second-order valence-electron chi connectivity index (χ2n) is 5.63. The zero-order valence-electron chi connectivity index (χ0n) is 14.7. The first-order chi connectivity index (χ1) is 12.9. The molecule has 0 aliphatic heterocycles. The van der Waals surface area contributed by atoms with Crippen LogP contribution >= 0.6 is 0 Å². The highest BCUT2D eigenvalue weighted by Gasteiger charge is 2.01. The molecule has 2 aromatic carbocycles. The van der Waals surface area contributed by atoms with Gasteiger partial charge in [-0.15, -0.1) is 0 Å². The van der Waals surface area contributed by atoms with Crippen molar-refractivity contribution in [1.82, 2.24) is 9.97 Å². The van der Waals surface area contributed by atoms with E-state index in [9.17, 15) is 0 Å². The van der Waals surface area contributed by atoms with Crippen molar-refractivity contribution in [2.24, 2.45) is 0 Å². The van der Waals surface area contributed by atoms with Crippen LogP contribution in [0.1, 0.15) is 17.5 Å². The van der Waals surface area contributed by atoms with Gasteiger partial charge in [-0.3, -0.25) is 0 Å². The predicted octanol–water partition coefficient (Wildman–Crippen LogP) is 3.60. The van der Waals surface area contributed by atoms with Crippen LogP contribution in [0, 0.1) is 11.8 Å². The van der Waals surface area contributed by atoms with E-state index in [-0.39, 0.29) is 6.79 Å². The maximum atomic E-state index is 5.42. The minimum absolute atomic E-state index is 0.276. The number of hydrogen-bond acceptors (Lipinski definition) is 5. The Balaban J connectivity index is 1.58. The van der Waals surface area contributed by atoms with E-state index in [0.29, 0.717) is 13.0 Å². The van der Waals surface area contributed by atoms with Crippen LogP contribution in [0.15, 0.2) is 54.9 Å². The monoisotopic (exact) mass is 347 g/mol. The molecule has 1 heterocycles. The molecule has 132 valence electrons. The molecule has 0 bridgehead atoms. The fraction of sp³-hybridized carbons (Fsp3) is 0.238. The van der Waals surface area contributed by atoms with Crippen LogP contribution in [0.3, 0.4) is 0 Å². The average molecular weight is 347 g/mol. The smallest absolute Gasteiger partial charge is 0.146 e. The van der Waals surface area contributed by atoms with E-state index in [0.717, 1.165) is 34.4 Å². The molecule has 0 aliphatic carbocycles. The van der Waals surface area contributed by atoms with Crippen LogP contribution in [0.4, 0.5) is 5.82 Å². The standard InChI is InChI=1S/C21H21N3O2/c1-25-16-26-14-18-10-3-2-8-17(18)9-6-7-13-22-21-19-11-4-5-12-20(19)23-15-24-21/h2-5,8,10-12,15H,7,13-14,16H2,1H3,(H,22,23,24). The second-order valence-corrected chi connectivity index (χ2v) is 5.63. The Hall–Kier alpha value is -2.94. The van der Waals surface area contributed by atoms with Gasteiger partial charge in [-0.1, -0.05) is 42.2 Å². The number of nitrogens with one attached hydrogen (secondary N) is 1. The third-order valence-electron chi connectivity index (χ3n) is 3.78. The fourth-order valence-corrected chi connectivity index (χ4v) is 2.55. The second kappa shape index (κ2) is 9.52. The van der Waals surface area contributed by atoms with Crippen molar-refractivity contribution in [2.45, 2.75) is 13.0 Å². The minimum atomic E-state index is 0.276. The van der Waals surface area contributed by atoms with E-state index in [2.05, 4.69) is 27.1 Å². The average Bonchev–Trinajstić information content (AvgIpc) is 2.69. The fourth-order valence-electron chi connectivity index (χ4n) is 2.55. The number of para-hydroxylation sites is 1. The molecular formula is C21H21N3O2. The zero-order chi connectivity index (χ0) is 18.0. The Morgan fingerprint density at radius 2 is 1.88 bits per heavy atom. The van der Waals surface area contributed by atoms with Gasteiger partial charge >= 0.3 is 0 Å². The molecule has 26 heavy (non-hydrogen) atoms. The first-order valence-corrected chi connectivity index (χ1v) is 8.45. The molecule has 0 atom stereocenters. The van der Waals surface area contributed by atoms with Gasteiger partial charge in [-0.05, 0) is 23.8 Å². The molecule has 0 aliphatic rings. The van der Waals surface area contributed by atoms with Crippen LogP contribution in [-0.2, 0) is 16.1 Å². The molecule has 1 aromatic heterocycles. The van der Waals surface area contributed by atoms with Crippen molar-refractivity contribution < 1.29 is 9.47 Å². The molecule has 3 aromatic rings. The van der Waals surface area contributed by atoms with Crippen molar-refractivity contribution in [1.29, 1.82) is 0 Å². The Labute approximate surface area is 153 Å². The summed E-state index contributed by atoms with van der Waals surface area (Å²) in [6, 6.07) is 15.9. The molecule has 0 unspecified atom stereocenters. The summed E-state index contributed by atoms with van der Waals surface area (Å²) in [5.41, 5.74) is 2.98. The largest absolute Gasteiger partial charge is 0.368 e. The number of anilines is 1. The lowest BCUT2D eigenvalue weighted by Crippen LogP contribution is -2.03. The number of benzene rings is 2. The molecule has 0 spiro atoms. The van der Waals surface area contributed by atoms with Crippen LogP contribution in [0.2, 0.25) is 0 Å². The molecule has 0 saturated heterocycles. The highest BCUT2D eigenvalue weighted by Crippen LogP contribution is 2.18. The summed E-state index contributed by atoms with van der Waals surface area (Å²) >= 11 is 0. The maximum Gasteiger partial charge on any atom is 0.146 e. The molecule has 0 amide bonds. The summed E-state index contributed by atoms with van der Waals surface area (Å²) in [7, 11) is 1.61. The molecule has 0 radical (unpaired) electrons. The Morgan fingerprint density at radius 3 is 2.81 bits per heavy atom. The van der Waals surface area contributed by atoms with E-state index in [4.69, 9.17) is 9.47 Å². The lowest BCUT2D eigenvalue weighted by atomic mass is 10.1. The van der Waals surface area contributed by atoms with Gasteiger partial charge < -0.3 is 14.8 Å². The summed E-state index contributed by atoms with van der Waals surface area (Å²) in [5.74, 6) is 7.27. The van der Waals surface area contributed by atoms with Gasteiger partial charge in [-0.2, -0.15) is 0 Å². The van der Waals surface area contributed by atoms with Gasteiger partial charge in [0.25, 0.3) is 0 Å². The van der Waals surface area contributed by atoms with E-state index in [1.165, 1.54) is 0 Å². The maximum absolute atomic E-state index is 5.42. The number of ether oxygens (including phenoxy) is 2. The highest BCUT2D eigenvalue weighted by atomic mass is 16.7. The molecule has 3 rings (SSSR count). The molecule has 1 N–H and O–H groups in total. The lowest BCUT2D eigenvalue weighted by Gasteiger charge is -2.06. The molecule has 0 fully saturated rings. The normalized spacial score (nSPS) is 10.3. The SMILES string of the molecule is COCOCc1ccccc1C#CCCNc1ncnc2ccccc12. The number of rotatable bonds is 7. The first kappa shape index (κ1) is 17.9. The van der Waals surface area contributed by atoms with Crippen molar-refractivity contribution in [3.05, 3.63) is 66.0 Å². The van der Waals surface area contributed by atoms with Gasteiger partial charge in [-0.25, -0.2) is 9.97 Å². The van der Waals surface area contributed by atoms with Gasteiger partial charge in [0, 0.05) is 31.0 Å². The number of nitrogens with zero attached hydrogens (tertiary/aromatic N) is 2. The van der Waals surface area contributed by atoms with Crippen molar-refractivity contribution in [3.8, 4) is 11.8 Å². The lowest BCUT2D eigenvalue weighted by molar-refractivity contribution is -0.0391. The summed E-state index contributed by atoms with van der Waals surface area (Å²) in [5, 5.41) is 4.35. The number of hydrogen-bond donors (Lipinski definition) is 1. The number of aromatic nitrogens is 2. The van der Waals surface area contributed by atoms with Crippen LogP contribution in [0.5, 0.6) is 0 Å². The van der Waals surface area contributed by atoms with Gasteiger partial charge in [0.1, 0.15) is 18.9 Å². The molecule has 0 saturated carbocycles. The minimum Gasteiger partial charge on any atom is -0.368 e.